The van der Waals surface area contributed by atoms with Crippen molar-refractivity contribution in [1.29, 1.82) is 0 Å². The number of rotatable bonds is 7. The maximum absolute atomic E-state index is 13.9. The molecule has 1 heterocycles. The molecule has 182 valence electrons. The molecule has 4 rings (SSSR count). The Balaban J connectivity index is 1.64. The average molecular weight is 512 g/mol. The maximum atomic E-state index is 13.9. The summed E-state index contributed by atoms with van der Waals surface area (Å²) in [6.07, 6.45) is 0.921. The Kier molecular flexibility index (Phi) is 6.93. The lowest BCUT2D eigenvalue weighted by molar-refractivity contribution is -0.125. The van der Waals surface area contributed by atoms with Crippen LogP contribution < -0.4 is 10.6 Å². The van der Waals surface area contributed by atoms with Crippen LogP contribution in [0.15, 0.2) is 53.4 Å². The summed E-state index contributed by atoms with van der Waals surface area (Å²) >= 11 is 5.88. The van der Waals surface area contributed by atoms with Crippen LogP contribution in [-0.4, -0.2) is 49.1 Å². The second-order valence-electron chi connectivity index (χ2n) is 8.58. The first-order valence-corrected chi connectivity index (χ1v) is 12.7. The monoisotopic (exact) mass is 511 g/mol. The molecule has 0 unspecified atom stereocenters. The molecule has 2 aliphatic rings. The van der Waals surface area contributed by atoms with E-state index in [1.54, 1.807) is 24.3 Å². The van der Waals surface area contributed by atoms with Gasteiger partial charge in [0.05, 0.1) is 11.4 Å². The fraction of sp³-hybridized carbons (Fsp3) is 0.391. The predicted octanol–water partition coefficient (Wildman–Crippen LogP) is 3.34. The highest BCUT2D eigenvalue weighted by molar-refractivity contribution is 7.89. The van der Waals surface area contributed by atoms with Crippen LogP contribution in [0, 0.1) is 0 Å². The fourth-order valence-electron chi connectivity index (χ4n) is 3.72. The molecule has 7 nitrogen and oxygen atoms in total. The molecule has 2 aromatic rings. The van der Waals surface area contributed by atoms with E-state index in [2.05, 4.69) is 10.6 Å². The predicted molar refractivity (Wildman–Crippen MR) is 122 cm³/mol. The molecule has 34 heavy (non-hydrogen) atoms. The van der Waals surface area contributed by atoms with Crippen LogP contribution in [0.1, 0.15) is 41.6 Å². The standard InChI is InChI=1S/C23H24ClF2N3O4S/c24-17-5-9-19(10-6-17)34(32,33)29(20-11-12-23(25,26)14-27-22(20)31)13-15-1-3-16(4-2-15)21(30)28-18-7-8-18/h1-6,9-10,18,20H,7-8,11-14H2,(H,27,31)(H,28,30)/t20-/m1/s1. The topological polar surface area (TPSA) is 95.6 Å². The lowest BCUT2D eigenvalue weighted by atomic mass is 10.1. The van der Waals surface area contributed by atoms with E-state index in [1.165, 1.54) is 24.3 Å². The van der Waals surface area contributed by atoms with E-state index in [1.807, 2.05) is 0 Å². The van der Waals surface area contributed by atoms with E-state index in [-0.39, 0.29) is 29.8 Å². The SMILES string of the molecule is O=C(NC1CC1)c1ccc(CN([C@@H]2CCC(F)(F)CNC2=O)S(=O)(=O)c2ccc(Cl)cc2)cc1. The van der Waals surface area contributed by atoms with E-state index in [4.69, 9.17) is 11.6 Å². The van der Waals surface area contributed by atoms with Gasteiger partial charge in [-0.3, -0.25) is 9.59 Å². The Morgan fingerprint density at radius 1 is 1.09 bits per heavy atom. The number of hydrogen-bond acceptors (Lipinski definition) is 4. The van der Waals surface area contributed by atoms with Gasteiger partial charge < -0.3 is 10.6 Å². The molecule has 2 fully saturated rings. The molecule has 0 aromatic heterocycles. The number of carbonyl (C=O) groups is 2. The van der Waals surface area contributed by atoms with Gasteiger partial charge in [-0.15, -0.1) is 0 Å². The van der Waals surface area contributed by atoms with Gasteiger partial charge in [0.25, 0.3) is 11.8 Å². The van der Waals surface area contributed by atoms with Gasteiger partial charge in [-0.2, -0.15) is 4.31 Å². The molecular formula is C23H24ClF2N3O4S. The van der Waals surface area contributed by atoms with Gasteiger partial charge >= 0.3 is 0 Å². The molecule has 1 aliphatic heterocycles. The number of sulfonamides is 1. The number of halogens is 3. The molecule has 0 bridgehead atoms. The van der Waals surface area contributed by atoms with Crippen molar-refractivity contribution in [3.63, 3.8) is 0 Å². The van der Waals surface area contributed by atoms with Gasteiger partial charge in [0.2, 0.25) is 15.9 Å². The summed E-state index contributed by atoms with van der Waals surface area (Å²) in [6.45, 7) is -1.08. The van der Waals surface area contributed by atoms with Crippen molar-refractivity contribution >= 4 is 33.4 Å². The van der Waals surface area contributed by atoms with Gasteiger partial charge in [-0.1, -0.05) is 23.7 Å². The Morgan fingerprint density at radius 3 is 2.35 bits per heavy atom. The Bertz CT molecular complexity index is 1170. The molecule has 2 amide bonds. The van der Waals surface area contributed by atoms with Crippen LogP contribution in [0.25, 0.3) is 0 Å². The minimum absolute atomic E-state index is 0.110. The normalized spacial score (nSPS) is 20.5. The number of benzene rings is 2. The Morgan fingerprint density at radius 2 is 1.74 bits per heavy atom. The van der Waals surface area contributed by atoms with Crippen molar-refractivity contribution in [2.75, 3.05) is 6.54 Å². The molecule has 1 aliphatic carbocycles. The number of carbonyl (C=O) groups excluding carboxylic acids is 2. The van der Waals surface area contributed by atoms with Gasteiger partial charge in [-0.05, 0) is 61.2 Å². The van der Waals surface area contributed by atoms with Gasteiger partial charge in [-0.25, -0.2) is 17.2 Å². The zero-order valence-electron chi connectivity index (χ0n) is 18.1. The number of nitrogens with one attached hydrogen (secondary N) is 2. The molecule has 1 saturated carbocycles. The van der Waals surface area contributed by atoms with Crippen LogP contribution in [0.5, 0.6) is 0 Å². The van der Waals surface area contributed by atoms with Crippen molar-refractivity contribution in [3.05, 3.63) is 64.7 Å². The van der Waals surface area contributed by atoms with Gasteiger partial charge in [0, 0.05) is 29.6 Å². The quantitative estimate of drug-likeness (QED) is 0.596. The largest absolute Gasteiger partial charge is 0.349 e. The summed E-state index contributed by atoms with van der Waals surface area (Å²) in [5, 5.41) is 5.37. The summed E-state index contributed by atoms with van der Waals surface area (Å²) in [5.74, 6) is -4.13. The number of nitrogens with zero attached hydrogens (tertiary/aromatic N) is 1. The molecular weight excluding hydrogens is 488 g/mol. The molecule has 1 atom stereocenters. The second-order valence-corrected chi connectivity index (χ2v) is 10.9. The van der Waals surface area contributed by atoms with Crippen molar-refractivity contribution in [1.82, 2.24) is 14.9 Å². The first-order valence-electron chi connectivity index (χ1n) is 10.9. The zero-order valence-corrected chi connectivity index (χ0v) is 19.7. The molecule has 0 radical (unpaired) electrons. The summed E-state index contributed by atoms with van der Waals surface area (Å²) in [7, 11) is -4.25. The minimum atomic E-state index is -4.25. The van der Waals surface area contributed by atoms with Crippen molar-refractivity contribution in [2.45, 2.75) is 55.1 Å². The fourth-order valence-corrected chi connectivity index (χ4v) is 5.45. The van der Waals surface area contributed by atoms with Crippen LogP contribution in [0.4, 0.5) is 8.78 Å². The second kappa shape index (κ2) is 9.59. The number of alkyl halides is 2. The third-order valence-electron chi connectivity index (χ3n) is 5.84. The van der Waals surface area contributed by atoms with Crippen LogP contribution >= 0.6 is 11.6 Å². The third-order valence-corrected chi connectivity index (χ3v) is 7.96. The van der Waals surface area contributed by atoms with E-state index < -0.39 is 40.9 Å². The molecule has 11 heteroatoms. The summed E-state index contributed by atoms with van der Waals surface area (Å²) in [6, 6.07) is 10.6. The molecule has 2 aromatic carbocycles. The van der Waals surface area contributed by atoms with Crippen molar-refractivity contribution in [2.24, 2.45) is 0 Å². The highest BCUT2D eigenvalue weighted by atomic mass is 35.5. The van der Waals surface area contributed by atoms with Gasteiger partial charge in [0.1, 0.15) is 6.04 Å². The van der Waals surface area contributed by atoms with E-state index in [9.17, 15) is 26.8 Å². The molecule has 0 spiro atoms. The molecule has 1 saturated heterocycles. The summed E-state index contributed by atoms with van der Waals surface area (Å²) < 4.78 is 55.9. The highest BCUT2D eigenvalue weighted by Crippen LogP contribution is 2.30. The molecule has 2 N–H and O–H groups in total. The zero-order chi connectivity index (χ0) is 24.5. The summed E-state index contributed by atoms with van der Waals surface area (Å²) in [5.41, 5.74) is 0.930. The van der Waals surface area contributed by atoms with Crippen molar-refractivity contribution < 1.29 is 26.8 Å². The third kappa shape index (κ3) is 5.73. The lowest BCUT2D eigenvalue weighted by Crippen LogP contribution is -2.48. The smallest absolute Gasteiger partial charge is 0.265 e. The number of amides is 2. The Hall–Kier alpha value is -2.56. The Labute approximate surface area is 201 Å². The first-order chi connectivity index (χ1) is 16.0. The lowest BCUT2D eigenvalue weighted by Gasteiger charge is -2.29. The van der Waals surface area contributed by atoms with E-state index in [0.717, 1.165) is 17.1 Å². The van der Waals surface area contributed by atoms with Gasteiger partial charge in [0.15, 0.2) is 0 Å². The average Bonchev–Trinajstić information content (AvgIpc) is 3.62. The highest BCUT2D eigenvalue weighted by Gasteiger charge is 2.42. The first kappa shape index (κ1) is 24.6. The van der Waals surface area contributed by atoms with Crippen LogP contribution in [0.3, 0.4) is 0 Å². The number of hydrogen-bond donors (Lipinski definition) is 2. The van der Waals surface area contributed by atoms with E-state index in [0.29, 0.717) is 16.1 Å². The summed E-state index contributed by atoms with van der Waals surface area (Å²) in [4.78, 5) is 24.8. The van der Waals surface area contributed by atoms with E-state index >= 15 is 0 Å². The maximum Gasteiger partial charge on any atom is 0.265 e. The van der Waals surface area contributed by atoms with Crippen LogP contribution in [0.2, 0.25) is 5.02 Å². The van der Waals surface area contributed by atoms with Crippen molar-refractivity contribution in [3.8, 4) is 0 Å². The minimum Gasteiger partial charge on any atom is -0.349 e. The van der Waals surface area contributed by atoms with Crippen LogP contribution in [-0.2, 0) is 21.4 Å².